The van der Waals surface area contributed by atoms with Crippen molar-refractivity contribution in [2.24, 2.45) is 0 Å². The first-order valence-electron chi connectivity index (χ1n) is 7.30. The second kappa shape index (κ2) is 6.02. The summed E-state index contributed by atoms with van der Waals surface area (Å²) in [6, 6.07) is 0. The summed E-state index contributed by atoms with van der Waals surface area (Å²) in [6.45, 7) is 2.47. The van der Waals surface area contributed by atoms with Gasteiger partial charge >= 0.3 is 0 Å². The highest BCUT2D eigenvalue weighted by Crippen LogP contribution is 2.22. The Balaban J connectivity index is 1.53. The van der Waals surface area contributed by atoms with Gasteiger partial charge < -0.3 is 0 Å². The van der Waals surface area contributed by atoms with Crippen molar-refractivity contribution in [1.82, 2.24) is 35.0 Å². The molecular formula is C15H14ClN7. The highest BCUT2D eigenvalue weighted by molar-refractivity contribution is 6.31. The lowest BCUT2D eigenvalue weighted by atomic mass is 10.1. The molecule has 8 heteroatoms. The van der Waals surface area contributed by atoms with Crippen LogP contribution in [0.5, 0.6) is 0 Å². The smallest absolute Gasteiger partial charge is 0.162 e. The standard InChI is InChI=1S/C15H14ClN7/c16-12-6-20-22-14(12)8-23-2-1-13-11(7-23)5-19-15(21-13)10-3-17-9-18-4-10/h3-6,9H,1-2,7-8H2,(H,20,22). The van der Waals surface area contributed by atoms with Crippen LogP contribution in [0.1, 0.15) is 17.0 Å². The summed E-state index contributed by atoms with van der Waals surface area (Å²) in [7, 11) is 0. The number of aromatic amines is 1. The van der Waals surface area contributed by atoms with E-state index in [0.29, 0.717) is 10.8 Å². The SMILES string of the molecule is Clc1cn[nH]c1CN1CCc2nc(-c3cncnc3)ncc2C1. The molecule has 3 aromatic rings. The normalized spacial score (nSPS) is 14.7. The summed E-state index contributed by atoms with van der Waals surface area (Å²) in [5, 5.41) is 7.57. The Morgan fingerprint density at radius 2 is 2.04 bits per heavy atom. The van der Waals surface area contributed by atoms with E-state index in [2.05, 4.69) is 35.0 Å². The summed E-state index contributed by atoms with van der Waals surface area (Å²) < 4.78 is 0. The number of nitrogens with zero attached hydrogens (tertiary/aromatic N) is 6. The molecule has 0 fully saturated rings. The van der Waals surface area contributed by atoms with Crippen LogP contribution in [-0.2, 0) is 19.5 Å². The average Bonchev–Trinajstić information content (AvgIpc) is 3.00. The van der Waals surface area contributed by atoms with Crippen molar-refractivity contribution < 1.29 is 0 Å². The number of fused-ring (bicyclic) bond motifs is 1. The molecule has 116 valence electrons. The Labute approximate surface area is 137 Å². The number of H-pyrrole nitrogens is 1. The van der Waals surface area contributed by atoms with Gasteiger partial charge in [-0.1, -0.05) is 11.6 Å². The number of rotatable bonds is 3. The summed E-state index contributed by atoms with van der Waals surface area (Å²) in [5.74, 6) is 0.675. The van der Waals surface area contributed by atoms with E-state index in [9.17, 15) is 0 Å². The van der Waals surface area contributed by atoms with Crippen molar-refractivity contribution in [3.8, 4) is 11.4 Å². The maximum absolute atomic E-state index is 6.09. The molecule has 0 unspecified atom stereocenters. The Morgan fingerprint density at radius 1 is 1.17 bits per heavy atom. The number of aromatic nitrogens is 6. The molecule has 0 bridgehead atoms. The van der Waals surface area contributed by atoms with Crippen LogP contribution in [0.15, 0.2) is 31.1 Å². The number of nitrogens with one attached hydrogen (secondary N) is 1. The van der Waals surface area contributed by atoms with Crippen LogP contribution in [-0.4, -0.2) is 41.6 Å². The molecule has 1 aliphatic rings. The van der Waals surface area contributed by atoms with E-state index in [-0.39, 0.29) is 0 Å². The minimum Gasteiger partial charge on any atom is -0.293 e. The van der Waals surface area contributed by atoms with E-state index in [1.54, 1.807) is 18.6 Å². The van der Waals surface area contributed by atoms with Gasteiger partial charge in [-0.25, -0.2) is 19.9 Å². The van der Waals surface area contributed by atoms with E-state index in [1.807, 2.05) is 6.20 Å². The lowest BCUT2D eigenvalue weighted by Gasteiger charge is -2.27. The predicted octanol–water partition coefficient (Wildman–Crippen LogP) is 1.87. The average molecular weight is 328 g/mol. The summed E-state index contributed by atoms with van der Waals surface area (Å²) in [6.07, 6.45) is 9.36. The van der Waals surface area contributed by atoms with Crippen molar-refractivity contribution in [3.63, 3.8) is 0 Å². The van der Waals surface area contributed by atoms with Gasteiger partial charge in [-0.2, -0.15) is 5.10 Å². The molecule has 0 radical (unpaired) electrons. The molecule has 0 amide bonds. The van der Waals surface area contributed by atoms with Crippen LogP contribution in [0.2, 0.25) is 5.02 Å². The second-order valence-electron chi connectivity index (χ2n) is 5.45. The highest BCUT2D eigenvalue weighted by atomic mass is 35.5. The van der Waals surface area contributed by atoms with Gasteiger partial charge in [0.15, 0.2) is 5.82 Å². The molecule has 4 rings (SSSR count). The van der Waals surface area contributed by atoms with Crippen molar-refractivity contribution >= 4 is 11.6 Å². The molecule has 3 aromatic heterocycles. The largest absolute Gasteiger partial charge is 0.293 e. The van der Waals surface area contributed by atoms with Gasteiger partial charge in [-0.15, -0.1) is 0 Å². The zero-order chi connectivity index (χ0) is 15.6. The number of hydrogen-bond donors (Lipinski definition) is 1. The third-order valence-corrected chi connectivity index (χ3v) is 4.20. The monoisotopic (exact) mass is 327 g/mol. The first kappa shape index (κ1) is 14.2. The quantitative estimate of drug-likeness (QED) is 0.790. The fourth-order valence-electron chi connectivity index (χ4n) is 2.70. The van der Waals surface area contributed by atoms with Crippen molar-refractivity contribution in [2.75, 3.05) is 6.54 Å². The van der Waals surface area contributed by atoms with E-state index in [4.69, 9.17) is 11.6 Å². The molecule has 23 heavy (non-hydrogen) atoms. The number of halogens is 1. The lowest BCUT2D eigenvalue weighted by molar-refractivity contribution is 0.240. The summed E-state index contributed by atoms with van der Waals surface area (Å²) >= 11 is 6.09. The third kappa shape index (κ3) is 2.93. The zero-order valence-electron chi connectivity index (χ0n) is 12.3. The Hall–Kier alpha value is -2.38. The minimum absolute atomic E-state index is 0.673. The zero-order valence-corrected chi connectivity index (χ0v) is 13.0. The predicted molar refractivity (Wildman–Crippen MR) is 84.5 cm³/mol. The molecule has 0 saturated heterocycles. The molecule has 0 saturated carbocycles. The van der Waals surface area contributed by atoms with Gasteiger partial charge in [0.1, 0.15) is 6.33 Å². The van der Waals surface area contributed by atoms with Crippen LogP contribution in [0.25, 0.3) is 11.4 Å². The number of hydrogen-bond acceptors (Lipinski definition) is 6. The fraction of sp³-hybridized carbons (Fsp3) is 0.267. The molecule has 1 aliphatic heterocycles. The molecule has 7 nitrogen and oxygen atoms in total. The molecule has 0 aromatic carbocycles. The van der Waals surface area contributed by atoms with Crippen molar-refractivity contribution in [2.45, 2.75) is 19.5 Å². The molecule has 0 atom stereocenters. The first-order valence-corrected chi connectivity index (χ1v) is 7.67. The van der Waals surface area contributed by atoms with Gasteiger partial charge in [-0.3, -0.25) is 10.00 Å². The second-order valence-corrected chi connectivity index (χ2v) is 5.86. The van der Waals surface area contributed by atoms with Gasteiger partial charge in [-0.05, 0) is 0 Å². The lowest BCUT2D eigenvalue weighted by Crippen LogP contribution is -2.31. The van der Waals surface area contributed by atoms with E-state index in [1.165, 1.54) is 6.33 Å². The van der Waals surface area contributed by atoms with Gasteiger partial charge in [0, 0.05) is 50.2 Å². The van der Waals surface area contributed by atoms with Crippen LogP contribution in [0.4, 0.5) is 0 Å². The third-order valence-electron chi connectivity index (χ3n) is 3.88. The van der Waals surface area contributed by atoms with Crippen LogP contribution < -0.4 is 0 Å². The maximum Gasteiger partial charge on any atom is 0.162 e. The highest BCUT2D eigenvalue weighted by Gasteiger charge is 2.20. The van der Waals surface area contributed by atoms with E-state index < -0.39 is 0 Å². The van der Waals surface area contributed by atoms with Crippen LogP contribution in [0.3, 0.4) is 0 Å². The Morgan fingerprint density at radius 3 is 2.83 bits per heavy atom. The Bertz CT molecular complexity index is 818. The van der Waals surface area contributed by atoms with Gasteiger partial charge in [0.2, 0.25) is 0 Å². The Kier molecular flexibility index (Phi) is 3.72. The fourth-order valence-corrected chi connectivity index (χ4v) is 2.85. The summed E-state index contributed by atoms with van der Waals surface area (Å²) in [4.78, 5) is 19.4. The van der Waals surface area contributed by atoms with Crippen molar-refractivity contribution in [3.05, 3.63) is 53.1 Å². The molecular weight excluding hydrogens is 314 g/mol. The van der Waals surface area contributed by atoms with Gasteiger partial charge in [0.05, 0.1) is 28.2 Å². The molecule has 4 heterocycles. The molecule has 1 N–H and O–H groups in total. The van der Waals surface area contributed by atoms with Crippen LogP contribution >= 0.6 is 11.6 Å². The summed E-state index contributed by atoms with van der Waals surface area (Å²) in [5.41, 5.74) is 4.01. The molecule has 0 spiro atoms. The van der Waals surface area contributed by atoms with E-state index >= 15 is 0 Å². The van der Waals surface area contributed by atoms with E-state index in [0.717, 1.165) is 48.6 Å². The first-order chi connectivity index (χ1) is 11.3. The maximum atomic E-state index is 6.09. The van der Waals surface area contributed by atoms with Crippen molar-refractivity contribution in [1.29, 1.82) is 0 Å². The van der Waals surface area contributed by atoms with Crippen LogP contribution in [0, 0.1) is 0 Å². The topological polar surface area (TPSA) is 83.5 Å². The molecule has 0 aliphatic carbocycles. The minimum atomic E-state index is 0.673. The van der Waals surface area contributed by atoms with Gasteiger partial charge in [0.25, 0.3) is 0 Å².